The number of carbonyl (C=O) groups is 1. The van der Waals surface area contributed by atoms with E-state index in [-0.39, 0.29) is 17.9 Å². The maximum Gasteiger partial charge on any atom is 0.227 e. The van der Waals surface area contributed by atoms with Crippen LogP contribution in [0.2, 0.25) is 0 Å². The average molecular weight is 434 g/mol. The van der Waals surface area contributed by atoms with Gasteiger partial charge in [0.05, 0.1) is 12.0 Å². The van der Waals surface area contributed by atoms with E-state index in [9.17, 15) is 9.90 Å². The number of imidazole rings is 1. The largest absolute Gasteiger partial charge is 0.391 e. The van der Waals surface area contributed by atoms with Crippen molar-refractivity contribution in [3.8, 4) is 11.5 Å². The number of aromatic amines is 1. The summed E-state index contributed by atoms with van der Waals surface area (Å²) in [6.45, 7) is 2.65. The maximum absolute atomic E-state index is 12.9. The van der Waals surface area contributed by atoms with Crippen LogP contribution in [0.3, 0.4) is 0 Å². The molecule has 0 unspecified atom stereocenters. The number of hydrogen-bond donors (Lipinski definition) is 2. The third-order valence-corrected chi connectivity index (χ3v) is 6.76. The van der Waals surface area contributed by atoms with Gasteiger partial charge in [0.25, 0.3) is 0 Å². The molecule has 2 saturated heterocycles. The average Bonchev–Trinajstić information content (AvgIpc) is 3.45. The van der Waals surface area contributed by atoms with E-state index in [0.29, 0.717) is 37.8 Å². The second kappa shape index (κ2) is 7.81. The van der Waals surface area contributed by atoms with E-state index in [0.717, 1.165) is 60.7 Å². The number of anilines is 1. The number of aliphatic hydroxyl groups excluding tert-OH is 1. The summed E-state index contributed by atoms with van der Waals surface area (Å²) in [5.41, 5.74) is 2.31. The lowest BCUT2D eigenvalue weighted by molar-refractivity contribution is -0.135. The first kappa shape index (κ1) is 19.6. The molecule has 9 heteroatoms. The van der Waals surface area contributed by atoms with Crippen LogP contribution >= 0.6 is 0 Å². The van der Waals surface area contributed by atoms with Gasteiger partial charge >= 0.3 is 0 Å². The Morgan fingerprint density at radius 2 is 1.94 bits per heavy atom. The third-order valence-electron chi connectivity index (χ3n) is 6.76. The smallest absolute Gasteiger partial charge is 0.227 e. The number of aromatic nitrogens is 5. The third kappa shape index (κ3) is 3.70. The Kier molecular flexibility index (Phi) is 4.78. The molecule has 32 heavy (non-hydrogen) atoms. The predicted octanol–water partition coefficient (Wildman–Crippen LogP) is 2.10. The Labute approximate surface area is 185 Å². The fourth-order valence-electron chi connectivity index (χ4n) is 4.81. The van der Waals surface area contributed by atoms with Crippen molar-refractivity contribution in [2.45, 2.75) is 44.1 Å². The van der Waals surface area contributed by atoms with Crippen LogP contribution in [0.1, 0.15) is 43.8 Å². The quantitative estimate of drug-likeness (QED) is 0.648. The molecule has 5 heterocycles. The fraction of sp³-hybridized carbons (Fsp3) is 0.522. The van der Waals surface area contributed by atoms with Crippen molar-refractivity contribution in [2.75, 3.05) is 31.1 Å². The zero-order valence-corrected chi connectivity index (χ0v) is 17.9. The Morgan fingerprint density at radius 1 is 1.03 bits per heavy atom. The number of fused-ring (bicyclic) bond motifs is 1. The first-order valence-electron chi connectivity index (χ1n) is 11.6. The van der Waals surface area contributed by atoms with Crippen molar-refractivity contribution < 1.29 is 9.90 Å². The molecular weight excluding hydrogens is 406 g/mol. The molecular formula is C23H27N7O2. The van der Waals surface area contributed by atoms with Crippen molar-refractivity contribution in [2.24, 2.45) is 5.92 Å². The lowest BCUT2D eigenvalue weighted by Crippen LogP contribution is -2.44. The second-order valence-electron chi connectivity index (χ2n) is 9.21. The number of piperidine rings is 1. The number of carbonyl (C=O) groups excluding carboxylic acids is 1. The van der Waals surface area contributed by atoms with Crippen molar-refractivity contribution in [3.63, 3.8) is 0 Å². The van der Waals surface area contributed by atoms with Crippen molar-refractivity contribution in [3.05, 3.63) is 30.2 Å². The van der Waals surface area contributed by atoms with E-state index in [1.165, 1.54) is 0 Å². The lowest BCUT2D eigenvalue weighted by Gasteiger charge is -2.34. The molecule has 166 valence electrons. The van der Waals surface area contributed by atoms with Gasteiger partial charge in [-0.05, 0) is 50.3 Å². The van der Waals surface area contributed by atoms with E-state index in [4.69, 9.17) is 4.98 Å². The lowest BCUT2D eigenvalue weighted by atomic mass is 9.96. The second-order valence-corrected chi connectivity index (χ2v) is 9.21. The number of nitrogens with zero attached hydrogens (tertiary/aromatic N) is 6. The highest BCUT2D eigenvalue weighted by Crippen LogP contribution is 2.38. The summed E-state index contributed by atoms with van der Waals surface area (Å²) in [6, 6.07) is 5.83. The topological polar surface area (TPSA) is 111 Å². The number of H-pyrrole nitrogens is 1. The molecule has 1 aliphatic carbocycles. The van der Waals surface area contributed by atoms with Crippen LogP contribution in [0.15, 0.2) is 24.4 Å². The molecule has 3 fully saturated rings. The summed E-state index contributed by atoms with van der Waals surface area (Å²) in [6.07, 6.45) is 6.25. The van der Waals surface area contributed by atoms with Gasteiger partial charge in [-0.25, -0.2) is 19.9 Å². The Bertz CT molecular complexity index is 1160. The van der Waals surface area contributed by atoms with Crippen molar-refractivity contribution in [1.82, 2.24) is 29.8 Å². The number of amides is 1. The van der Waals surface area contributed by atoms with E-state index < -0.39 is 0 Å². The highest BCUT2D eigenvalue weighted by Gasteiger charge is 2.33. The molecule has 6 rings (SSSR count). The van der Waals surface area contributed by atoms with Crippen molar-refractivity contribution in [1.29, 1.82) is 0 Å². The van der Waals surface area contributed by atoms with E-state index in [2.05, 4.69) is 24.8 Å². The normalized spacial score (nSPS) is 23.8. The van der Waals surface area contributed by atoms with Gasteiger partial charge in [0.15, 0.2) is 11.5 Å². The molecule has 3 aromatic rings. The maximum atomic E-state index is 12.9. The van der Waals surface area contributed by atoms with Gasteiger partial charge < -0.3 is 19.9 Å². The summed E-state index contributed by atoms with van der Waals surface area (Å²) in [4.78, 5) is 38.8. The van der Waals surface area contributed by atoms with Gasteiger partial charge in [-0.15, -0.1) is 0 Å². The van der Waals surface area contributed by atoms with Crippen LogP contribution in [-0.4, -0.2) is 73.1 Å². The first-order valence-corrected chi connectivity index (χ1v) is 11.6. The molecule has 3 aliphatic rings. The van der Waals surface area contributed by atoms with Gasteiger partial charge in [-0.2, -0.15) is 0 Å². The Hall–Kier alpha value is -3.07. The number of β-amino-alcohol motifs (C(OH)–C–C–N with tert-alkyl or cyclic N) is 1. The van der Waals surface area contributed by atoms with Gasteiger partial charge in [0, 0.05) is 38.3 Å². The standard InChI is InChI=1S/C23H27N7O2/c31-16-8-11-30(13-16)23(32)15-2-1-10-29(12-15)19-6-5-17-22(27-19)28-21(26-17)18-7-9-24-20(25-18)14-3-4-14/h5-7,9,14-16,31H,1-4,8,10-13H2,(H,26,27,28)/t15-,16+/m1/s1. The van der Waals surface area contributed by atoms with Gasteiger partial charge in [0.2, 0.25) is 5.91 Å². The van der Waals surface area contributed by atoms with Crippen LogP contribution in [0.5, 0.6) is 0 Å². The van der Waals surface area contributed by atoms with E-state index in [1.807, 2.05) is 23.1 Å². The SMILES string of the molecule is O=C([C@@H]1CCCN(c2ccc3nc(-c4ccnc(C5CC5)n4)[nH]c3n2)C1)N1CC[C@H](O)C1. The summed E-state index contributed by atoms with van der Waals surface area (Å²) >= 11 is 0. The molecule has 1 saturated carbocycles. The van der Waals surface area contributed by atoms with Gasteiger partial charge in [0.1, 0.15) is 22.9 Å². The molecule has 0 radical (unpaired) electrons. The van der Waals surface area contributed by atoms with Gasteiger partial charge in [-0.3, -0.25) is 4.79 Å². The number of hydrogen-bond acceptors (Lipinski definition) is 7. The molecule has 2 N–H and O–H groups in total. The summed E-state index contributed by atoms with van der Waals surface area (Å²) < 4.78 is 0. The molecule has 0 bridgehead atoms. The molecule has 0 aromatic carbocycles. The minimum atomic E-state index is -0.382. The van der Waals surface area contributed by atoms with Crippen LogP contribution in [-0.2, 0) is 4.79 Å². The van der Waals surface area contributed by atoms with E-state index >= 15 is 0 Å². The van der Waals surface area contributed by atoms with Crippen LogP contribution in [0.4, 0.5) is 5.82 Å². The van der Waals surface area contributed by atoms with Crippen LogP contribution < -0.4 is 4.90 Å². The molecule has 0 spiro atoms. The summed E-state index contributed by atoms with van der Waals surface area (Å²) in [7, 11) is 0. The Balaban J connectivity index is 1.22. The predicted molar refractivity (Wildman–Crippen MR) is 119 cm³/mol. The fourth-order valence-corrected chi connectivity index (χ4v) is 4.81. The minimum absolute atomic E-state index is 0.0502. The number of likely N-dealkylation sites (tertiary alicyclic amines) is 1. The molecule has 1 amide bonds. The zero-order valence-electron chi connectivity index (χ0n) is 17.9. The number of pyridine rings is 1. The molecule has 2 aliphatic heterocycles. The molecule has 3 aromatic heterocycles. The monoisotopic (exact) mass is 433 g/mol. The summed E-state index contributed by atoms with van der Waals surface area (Å²) in [5, 5.41) is 9.78. The molecule has 2 atom stereocenters. The number of aliphatic hydroxyl groups is 1. The van der Waals surface area contributed by atoms with Crippen LogP contribution in [0.25, 0.3) is 22.7 Å². The highest BCUT2D eigenvalue weighted by atomic mass is 16.3. The minimum Gasteiger partial charge on any atom is -0.391 e. The van der Waals surface area contributed by atoms with Crippen LogP contribution in [0, 0.1) is 5.92 Å². The first-order chi connectivity index (χ1) is 15.6. The Morgan fingerprint density at radius 3 is 2.75 bits per heavy atom. The summed E-state index contributed by atoms with van der Waals surface area (Å²) in [5.74, 6) is 3.05. The van der Waals surface area contributed by atoms with Gasteiger partial charge in [-0.1, -0.05) is 0 Å². The zero-order chi connectivity index (χ0) is 21.7. The number of nitrogens with one attached hydrogen (secondary N) is 1. The molecule has 9 nitrogen and oxygen atoms in total. The van der Waals surface area contributed by atoms with Crippen molar-refractivity contribution >= 4 is 22.9 Å². The highest BCUT2D eigenvalue weighted by molar-refractivity contribution is 5.80. The number of rotatable bonds is 4. The van der Waals surface area contributed by atoms with E-state index in [1.54, 1.807) is 6.20 Å².